The zero-order valence-corrected chi connectivity index (χ0v) is 31.5. The van der Waals surface area contributed by atoms with E-state index >= 15 is 0 Å². The third-order valence-corrected chi connectivity index (χ3v) is 13.4. The van der Waals surface area contributed by atoms with Crippen molar-refractivity contribution in [3.8, 4) is 45.3 Å². The summed E-state index contributed by atoms with van der Waals surface area (Å²) in [6.45, 7) is 0. The molecule has 0 bridgehead atoms. The Bertz CT molecular complexity index is 3510. The molecule has 0 fully saturated rings. The number of fused-ring (bicyclic) bond motifs is 12. The molecule has 0 spiro atoms. The van der Waals surface area contributed by atoms with Gasteiger partial charge in [0.1, 0.15) is 0 Å². The lowest BCUT2D eigenvalue weighted by atomic mass is 9.91. The molecule has 12 aromatic rings. The Morgan fingerprint density at radius 3 is 1.45 bits per heavy atom. The summed E-state index contributed by atoms with van der Waals surface area (Å²) < 4.78 is 4.92. The monoisotopic (exact) mass is 747 g/mol. The molecule has 0 aliphatic heterocycles. The Balaban J connectivity index is 1.15. The molecule has 0 saturated carbocycles. The van der Waals surface area contributed by atoms with E-state index in [1.54, 1.807) is 0 Å². The molecular formula is C51H29N3S2. The van der Waals surface area contributed by atoms with E-state index in [1.165, 1.54) is 72.7 Å². The van der Waals surface area contributed by atoms with Crippen LogP contribution < -0.4 is 0 Å². The highest BCUT2D eigenvalue weighted by Gasteiger charge is 2.21. The minimum atomic E-state index is 0.657. The van der Waals surface area contributed by atoms with Gasteiger partial charge in [0.15, 0.2) is 17.5 Å². The van der Waals surface area contributed by atoms with E-state index in [2.05, 4.69) is 158 Å². The largest absolute Gasteiger partial charge is 0.208 e. The quantitative estimate of drug-likeness (QED) is 0.168. The van der Waals surface area contributed by atoms with Crippen LogP contribution >= 0.6 is 22.7 Å². The fourth-order valence-electron chi connectivity index (χ4n) is 8.58. The maximum absolute atomic E-state index is 5.42. The SMILES string of the molecule is c1ccc(-c2nc(-c3cccc4sc5ccccc5c34)nc(-c3cc(-c4ccc5c6ccccc6c6ccccc6c5c4)cc4sc5ccccc5c34)n2)cc1. The molecule has 0 aliphatic carbocycles. The van der Waals surface area contributed by atoms with E-state index in [-0.39, 0.29) is 0 Å². The Morgan fingerprint density at radius 2 is 0.768 bits per heavy atom. The van der Waals surface area contributed by atoms with Gasteiger partial charge < -0.3 is 0 Å². The van der Waals surface area contributed by atoms with Gasteiger partial charge in [0.25, 0.3) is 0 Å². The zero-order chi connectivity index (χ0) is 36.7. The molecule has 12 rings (SSSR count). The molecule has 5 heteroatoms. The first-order valence-corrected chi connectivity index (χ1v) is 20.4. The maximum Gasteiger partial charge on any atom is 0.164 e. The minimum Gasteiger partial charge on any atom is -0.208 e. The maximum atomic E-state index is 5.42. The van der Waals surface area contributed by atoms with Crippen molar-refractivity contribution in [1.82, 2.24) is 15.0 Å². The fourth-order valence-corrected chi connectivity index (χ4v) is 10.9. The molecular weight excluding hydrogens is 719 g/mol. The number of hydrogen-bond acceptors (Lipinski definition) is 5. The average molecular weight is 748 g/mol. The summed E-state index contributed by atoms with van der Waals surface area (Å²) in [5.41, 5.74) is 5.26. The highest BCUT2D eigenvalue weighted by molar-refractivity contribution is 7.26. The first-order valence-electron chi connectivity index (χ1n) is 18.8. The third kappa shape index (κ3) is 4.85. The van der Waals surface area contributed by atoms with Gasteiger partial charge in [-0.25, -0.2) is 15.0 Å². The minimum absolute atomic E-state index is 0.657. The van der Waals surface area contributed by atoms with Crippen LogP contribution in [-0.2, 0) is 0 Å². The molecule has 0 N–H and O–H groups in total. The summed E-state index contributed by atoms with van der Waals surface area (Å²) in [5.74, 6) is 1.99. The summed E-state index contributed by atoms with van der Waals surface area (Å²) in [6.07, 6.45) is 0. The van der Waals surface area contributed by atoms with E-state index in [0.717, 1.165) is 27.8 Å². The first kappa shape index (κ1) is 31.5. The van der Waals surface area contributed by atoms with Crippen molar-refractivity contribution in [3.63, 3.8) is 0 Å². The van der Waals surface area contributed by atoms with Crippen molar-refractivity contribution in [2.24, 2.45) is 0 Å². The predicted octanol–water partition coefficient (Wildman–Crippen LogP) is 14.7. The highest BCUT2D eigenvalue weighted by atomic mass is 32.1. The molecule has 0 unspecified atom stereocenters. The van der Waals surface area contributed by atoms with Gasteiger partial charge >= 0.3 is 0 Å². The van der Waals surface area contributed by atoms with E-state index < -0.39 is 0 Å². The molecule has 0 radical (unpaired) electrons. The van der Waals surface area contributed by atoms with Crippen LogP contribution in [0.2, 0.25) is 0 Å². The summed E-state index contributed by atoms with van der Waals surface area (Å²) in [4.78, 5) is 15.9. The van der Waals surface area contributed by atoms with Crippen molar-refractivity contribution >= 4 is 95.3 Å². The van der Waals surface area contributed by atoms with Gasteiger partial charge in [-0.2, -0.15) is 0 Å². The number of nitrogens with zero attached hydrogens (tertiary/aromatic N) is 3. The molecule has 3 nitrogen and oxygen atoms in total. The third-order valence-electron chi connectivity index (χ3n) is 11.1. The summed E-state index contributed by atoms with van der Waals surface area (Å²) in [6, 6.07) is 63.2. The van der Waals surface area contributed by atoms with Crippen molar-refractivity contribution in [1.29, 1.82) is 0 Å². The van der Waals surface area contributed by atoms with Crippen molar-refractivity contribution in [3.05, 3.63) is 176 Å². The van der Waals surface area contributed by atoms with Gasteiger partial charge in [0.2, 0.25) is 0 Å². The molecule has 0 amide bonds. The standard InChI is InChI=1S/C51H29N3S2/c1-2-13-30(14-3-1)49-52-50(40-21-12-24-45-47(40)38-19-8-10-22-43(38)55-45)54-51(53-49)42-28-32(29-46-48(42)39-20-9-11-23-44(39)56-46)31-25-26-37-35-17-5-4-15-33(35)34-16-6-7-18-36(34)41(37)27-31/h1-29H. The molecule has 56 heavy (non-hydrogen) atoms. The van der Waals surface area contributed by atoms with Crippen molar-refractivity contribution in [2.75, 3.05) is 0 Å². The molecule has 3 aromatic heterocycles. The first-order chi connectivity index (χ1) is 27.7. The summed E-state index contributed by atoms with van der Waals surface area (Å²) in [7, 11) is 0. The predicted molar refractivity (Wildman–Crippen MR) is 240 cm³/mol. The normalized spacial score (nSPS) is 11.9. The lowest BCUT2D eigenvalue weighted by Crippen LogP contribution is -2.01. The Morgan fingerprint density at radius 1 is 0.268 bits per heavy atom. The number of rotatable bonds is 4. The second-order valence-corrected chi connectivity index (χ2v) is 16.5. The highest BCUT2D eigenvalue weighted by Crippen LogP contribution is 2.45. The molecule has 260 valence electrons. The van der Waals surface area contributed by atoms with Crippen LogP contribution in [0.15, 0.2) is 176 Å². The fraction of sp³-hybridized carbons (Fsp3) is 0. The van der Waals surface area contributed by atoms with Crippen LogP contribution in [0.4, 0.5) is 0 Å². The van der Waals surface area contributed by atoms with Gasteiger partial charge in [0.05, 0.1) is 0 Å². The van der Waals surface area contributed by atoms with Crippen LogP contribution in [0.3, 0.4) is 0 Å². The molecule has 0 saturated heterocycles. The second-order valence-electron chi connectivity index (χ2n) is 14.3. The summed E-state index contributed by atoms with van der Waals surface area (Å²) >= 11 is 3.63. The summed E-state index contributed by atoms with van der Waals surface area (Å²) in [5, 5.41) is 12.4. The number of thiophene rings is 2. The number of benzene rings is 9. The Hall–Kier alpha value is -6.79. The topological polar surface area (TPSA) is 38.7 Å². The number of hydrogen-bond donors (Lipinski definition) is 0. The van der Waals surface area contributed by atoms with Gasteiger partial charge in [-0.1, -0.05) is 140 Å². The van der Waals surface area contributed by atoms with Gasteiger partial charge in [-0.3, -0.25) is 0 Å². The van der Waals surface area contributed by atoms with Crippen LogP contribution in [0.25, 0.3) is 118 Å². The number of aromatic nitrogens is 3. The van der Waals surface area contributed by atoms with Crippen molar-refractivity contribution in [2.45, 2.75) is 0 Å². The van der Waals surface area contributed by atoms with Crippen LogP contribution in [0.1, 0.15) is 0 Å². The molecule has 0 atom stereocenters. The average Bonchev–Trinajstić information content (AvgIpc) is 3.85. The Kier molecular flexibility index (Phi) is 6.97. The van der Waals surface area contributed by atoms with Gasteiger partial charge in [-0.05, 0) is 79.8 Å². The van der Waals surface area contributed by atoms with Crippen LogP contribution in [-0.4, -0.2) is 15.0 Å². The van der Waals surface area contributed by atoms with Crippen LogP contribution in [0.5, 0.6) is 0 Å². The molecule has 9 aromatic carbocycles. The van der Waals surface area contributed by atoms with Gasteiger partial charge in [-0.15, -0.1) is 22.7 Å². The van der Waals surface area contributed by atoms with E-state index in [4.69, 9.17) is 15.0 Å². The van der Waals surface area contributed by atoms with Crippen molar-refractivity contribution < 1.29 is 0 Å². The molecule has 0 aliphatic rings. The van der Waals surface area contributed by atoms with E-state index in [1.807, 2.05) is 40.9 Å². The van der Waals surface area contributed by atoms with E-state index in [0.29, 0.717) is 17.5 Å². The lowest BCUT2D eigenvalue weighted by molar-refractivity contribution is 1.08. The molecule has 3 heterocycles. The van der Waals surface area contributed by atoms with E-state index in [9.17, 15) is 0 Å². The zero-order valence-electron chi connectivity index (χ0n) is 29.9. The lowest BCUT2D eigenvalue weighted by Gasteiger charge is -2.14. The second kappa shape index (κ2) is 12.4. The smallest absolute Gasteiger partial charge is 0.164 e. The van der Waals surface area contributed by atoms with Crippen LogP contribution in [0, 0.1) is 0 Å². The Labute approximate surface area is 329 Å². The van der Waals surface area contributed by atoms with Gasteiger partial charge in [0, 0.05) is 57.0 Å².